The number of carbonyl (C=O) groups is 1. The van der Waals surface area contributed by atoms with E-state index < -0.39 is 17.8 Å². The molecule has 0 aromatic heterocycles. The van der Waals surface area contributed by atoms with Crippen LogP contribution in [0.4, 0.5) is 0 Å². The highest BCUT2D eigenvalue weighted by atomic mass is 16.6. The predicted molar refractivity (Wildman–Crippen MR) is 94.3 cm³/mol. The summed E-state index contributed by atoms with van der Waals surface area (Å²) < 4.78 is 5.74. The quantitative estimate of drug-likeness (QED) is 0.570. The third-order valence-electron chi connectivity index (χ3n) is 5.11. The van der Waals surface area contributed by atoms with Crippen LogP contribution in [0, 0.1) is 11.8 Å². The van der Waals surface area contributed by atoms with Gasteiger partial charge in [-0.25, -0.2) is 4.79 Å². The fourth-order valence-corrected chi connectivity index (χ4v) is 3.89. The fraction of sp³-hybridized carbons (Fsp3) is 0.650. The van der Waals surface area contributed by atoms with Gasteiger partial charge in [-0.05, 0) is 52.0 Å². The first kappa shape index (κ1) is 18.9. The second-order valence-corrected chi connectivity index (χ2v) is 7.76. The smallest absolute Gasteiger partial charge is 0.331 e. The van der Waals surface area contributed by atoms with Crippen LogP contribution >= 0.6 is 0 Å². The SMILES string of the molecule is CC1=C[C@@]2(C)OC(=O)C=C(C(C)C)[C@@H]2CC/C(C)=C/[C@H](O)[C@H](O)C1. The maximum Gasteiger partial charge on any atom is 0.331 e. The van der Waals surface area contributed by atoms with Crippen molar-refractivity contribution in [2.45, 2.75) is 71.7 Å². The third kappa shape index (κ3) is 4.17. The summed E-state index contributed by atoms with van der Waals surface area (Å²) in [4.78, 5) is 12.1. The molecule has 24 heavy (non-hydrogen) atoms. The van der Waals surface area contributed by atoms with Crippen LogP contribution in [0.3, 0.4) is 0 Å². The summed E-state index contributed by atoms with van der Waals surface area (Å²) in [6.07, 6.45) is 5.60. The van der Waals surface area contributed by atoms with E-state index in [-0.39, 0.29) is 17.8 Å². The molecule has 0 saturated carbocycles. The Balaban J connectivity index is 2.49. The van der Waals surface area contributed by atoms with Crippen LogP contribution in [0.1, 0.15) is 53.9 Å². The number of esters is 1. The van der Waals surface area contributed by atoms with Gasteiger partial charge in [0, 0.05) is 12.0 Å². The van der Waals surface area contributed by atoms with Crippen molar-refractivity contribution < 1.29 is 19.7 Å². The molecule has 0 bridgehead atoms. The van der Waals surface area contributed by atoms with Crippen molar-refractivity contribution in [3.63, 3.8) is 0 Å². The van der Waals surface area contributed by atoms with E-state index in [1.807, 2.05) is 26.8 Å². The minimum Gasteiger partial charge on any atom is -0.451 e. The van der Waals surface area contributed by atoms with Crippen LogP contribution in [-0.2, 0) is 9.53 Å². The fourth-order valence-electron chi connectivity index (χ4n) is 3.89. The first-order valence-electron chi connectivity index (χ1n) is 8.78. The van der Waals surface area contributed by atoms with Crippen LogP contribution in [0.5, 0.6) is 0 Å². The molecule has 0 aromatic rings. The van der Waals surface area contributed by atoms with Crippen molar-refractivity contribution in [3.8, 4) is 0 Å². The largest absolute Gasteiger partial charge is 0.451 e. The van der Waals surface area contributed by atoms with Crippen molar-refractivity contribution in [1.29, 1.82) is 0 Å². The molecule has 0 saturated heterocycles. The number of carbonyl (C=O) groups excluding carboxylic acids is 1. The Morgan fingerprint density at radius 2 is 1.92 bits per heavy atom. The van der Waals surface area contributed by atoms with E-state index in [0.29, 0.717) is 6.42 Å². The highest BCUT2D eigenvalue weighted by Crippen LogP contribution is 2.42. The van der Waals surface area contributed by atoms with Crippen molar-refractivity contribution in [3.05, 3.63) is 34.9 Å². The van der Waals surface area contributed by atoms with Crippen LogP contribution in [0.2, 0.25) is 0 Å². The van der Waals surface area contributed by atoms with Crippen LogP contribution in [-0.4, -0.2) is 34.0 Å². The lowest BCUT2D eigenvalue weighted by atomic mass is 9.73. The lowest BCUT2D eigenvalue weighted by Crippen LogP contribution is -2.43. The molecule has 0 spiro atoms. The average Bonchev–Trinajstić information content (AvgIpc) is 2.44. The molecule has 4 nitrogen and oxygen atoms in total. The third-order valence-corrected chi connectivity index (χ3v) is 5.11. The van der Waals surface area contributed by atoms with Crippen LogP contribution in [0.25, 0.3) is 0 Å². The van der Waals surface area contributed by atoms with Crippen molar-refractivity contribution in [1.82, 2.24) is 0 Å². The van der Waals surface area contributed by atoms with E-state index in [1.165, 1.54) is 0 Å². The molecule has 0 radical (unpaired) electrons. The lowest BCUT2D eigenvalue weighted by molar-refractivity contribution is -0.153. The number of hydrogen-bond donors (Lipinski definition) is 2. The summed E-state index contributed by atoms with van der Waals surface area (Å²) in [6, 6.07) is 0. The Hall–Kier alpha value is -1.39. The minimum absolute atomic E-state index is 0.0980. The van der Waals surface area contributed by atoms with Gasteiger partial charge in [-0.1, -0.05) is 36.6 Å². The Morgan fingerprint density at radius 3 is 2.54 bits per heavy atom. The Bertz CT molecular complexity index is 584. The first-order chi connectivity index (χ1) is 11.1. The number of fused-ring (bicyclic) bond motifs is 1. The molecule has 2 rings (SSSR count). The van der Waals surface area contributed by atoms with E-state index in [2.05, 4.69) is 13.8 Å². The van der Waals surface area contributed by atoms with Gasteiger partial charge >= 0.3 is 5.97 Å². The zero-order chi connectivity index (χ0) is 18.1. The Labute approximate surface area is 144 Å². The zero-order valence-electron chi connectivity index (χ0n) is 15.4. The van der Waals surface area contributed by atoms with Gasteiger partial charge in [-0.2, -0.15) is 0 Å². The normalized spacial score (nSPS) is 37.4. The molecule has 0 fully saturated rings. The van der Waals surface area contributed by atoms with Gasteiger partial charge in [0.05, 0.1) is 12.2 Å². The topological polar surface area (TPSA) is 66.8 Å². The Kier molecular flexibility index (Phi) is 5.71. The summed E-state index contributed by atoms with van der Waals surface area (Å²) in [6.45, 7) is 10.0. The van der Waals surface area contributed by atoms with E-state index >= 15 is 0 Å². The Morgan fingerprint density at radius 1 is 1.25 bits per heavy atom. The van der Waals surface area contributed by atoms with Gasteiger partial charge in [0.25, 0.3) is 0 Å². The van der Waals surface area contributed by atoms with E-state index in [9.17, 15) is 15.0 Å². The molecular formula is C20H30O4. The number of allylic oxidation sites excluding steroid dienone is 1. The van der Waals surface area contributed by atoms with Gasteiger partial charge in [-0.3, -0.25) is 0 Å². The summed E-state index contributed by atoms with van der Waals surface area (Å²) in [5.74, 6) is 0.0616. The molecule has 2 aliphatic rings. The summed E-state index contributed by atoms with van der Waals surface area (Å²) in [5.41, 5.74) is 2.36. The standard InChI is InChI=1S/C20H30O4/c1-12(2)15-10-19(23)24-20(5)11-14(4)9-18(22)17(21)8-13(3)6-7-16(15)20/h8,10-12,16-18,21-22H,6-7,9H2,1-5H3/b13-8+,14-11?/t16-,17-,18+,20+/m0/s1. The summed E-state index contributed by atoms with van der Waals surface area (Å²) in [7, 11) is 0. The molecule has 1 aliphatic carbocycles. The summed E-state index contributed by atoms with van der Waals surface area (Å²) in [5, 5.41) is 20.3. The van der Waals surface area contributed by atoms with Crippen molar-refractivity contribution in [2.24, 2.45) is 11.8 Å². The molecule has 134 valence electrons. The number of rotatable bonds is 1. The van der Waals surface area contributed by atoms with E-state index in [1.54, 1.807) is 12.2 Å². The van der Waals surface area contributed by atoms with Gasteiger partial charge in [0.2, 0.25) is 0 Å². The molecule has 4 heteroatoms. The van der Waals surface area contributed by atoms with Crippen molar-refractivity contribution in [2.75, 3.05) is 0 Å². The molecule has 1 aliphatic heterocycles. The number of aliphatic hydroxyl groups is 2. The maximum absolute atomic E-state index is 12.1. The number of hydrogen-bond acceptors (Lipinski definition) is 4. The second-order valence-electron chi connectivity index (χ2n) is 7.76. The molecule has 2 N–H and O–H groups in total. The van der Waals surface area contributed by atoms with E-state index in [4.69, 9.17) is 4.74 Å². The van der Waals surface area contributed by atoms with Crippen molar-refractivity contribution >= 4 is 5.97 Å². The highest BCUT2D eigenvalue weighted by Gasteiger charge is 2.42. The lowest BCUT2D eigenvalue weighted by Gasteiger charge is -2.41. The van der Waals surface area contributed by atoms with E-state index in [0.717, 1.165) is 29.6 Å². The molecule has 0 amide bonds. The zero-order valence-corrected chi connectivity index (χ0v) is 15.4. The van der Waals surface area contributed by atoms with Gasteiger partial charge in [0.15, 0.2) is 0 Å². The molecule has 1 heterocycles. The molecule has 0 unspecified atom stereocenters. The molecule has 0 aromatic carbocycles. The number of aliphatic hydroxyl groups excluding tert-OH is 2. The maximum atomic E-state index is 12.1. The molecule has 4 atom stereocenters. The number of ether oxygens (including phenoxy) is 1. The van der Waals surface area contributed by atoms with Gasteiger partial charge < -0.3 is 14.9 Å². The minimum atomic E-state index is -0.871. The monoisotopic (exact) mass is 334 g/mol. The first-order valence-corrected chi connectivity index (χ1v) is 8.78. The van der Waals surface area contributed by atoms with Gasteiger partial charge in [0.1, 0.15) is 5.60 Å². The second kappa shape index (κ2) is 7.24. The van der Waals surface area contributed by atoms with Crippen LogP contribution < -0.4 is 0 Å². The molecular weight excluding hydrogens is 304 g/mol. The van der Waals surface area contributed by atoms with Crippen LogP contribution in [0.15, 0.2) is 34.9 Å². The summed E-state index contributed by atoms with van der Waals surface area (Å²) >= 11 is 0. The highest BCUT2D eigenvalue weighted by molar-refractivity contribution is 5.85. The predicted octanol–water partition coefficient (Wildman–Crippen LogP) is 3.30. The van der Waals surface area contributed by atoms with Gasteiger partial charge in [-0.15, -0.1) is 0 Å². The average molecular weight is 334 g/mol.